The molecule has 5 N–H and O–H groups in total. The van der Waals surface area contributed by atoms with Crippen LogP contribution in [0.25, 0.3) is 0 Å². The van der Waals surface area contributed by atoms with E-state index < -0.39 is 0 Å². The Balaban J connectivity index is 1.40. The van der Waals surface area contributed by atoms with Gasteiger partial charge < -0.3 is 21.1 Å². The van der Waals surface area contributed by atoms with E-state index in [0.717, 1.165) is 11.4 Å². The molecule has 0 radical (unpaired) electrons. The van der Waals surface area contributed by atoms with E-state index in [1.165, 1.54) is 0 Å². The highest BCUT2D eigenvalue weighted by Gasteiger charge is 2.10. The summed E-state index contributed by atoms with van der Waals surface area (Å²) in [5.41, 5.74) is 2.10. The van der Waals surface area contributed by atoms with Gasteiger partial charge in [0.1, 0.15) is 11.6 Å². The molecule has 0 aliphatic carbocycles. The number of phenolic OH excluding ortho intramolecular Hbond substituents is 1. The lowest BCUT2D eigenvalue weighted by Gasteiger charge is -2.08. The molecule has 10 nitrogen and oxygen atoms in total. The number of H-pyrrole nitrogens is 1. The van der Waals surface area contributed by atoms with Crippen molar-refractivity contribution < 1.29 is 9.90 Å². The maximum absolute atomic E-state index is 12.2. The summed E-state index contributed by atoms with van der Waals surface area (Å²) >= 11 is 0. The maximum atomic E-state index is 12.2. The first kappa shape index (κ1) is 19.8. The molecular formula is C21H20N8O2. The Bertz CT molecular complexity index is 1180. The van der Waals surface area contributed by atoms with Gasteiger partial charge >= 0.3 is 0 Å². The summed E-state index contributed by atoms with van der Waals surface area (Å²) in [5.74, 6) is 1.66. The lowest BCUT2D eigenvalue weighted by Crippen LogP contribution is -2.14. The third-order valence-corrected chi connectivity index (χ3v) is 4.15. The van der Waals surface area contributed by atoms with Crippen LogP contribution in [0.5, 0.6) is 5.75 Å². The number of carbonyl (C=O) groups excluding carboxylic acids is 1. The average molecular weight is 416 g/mol. The smallest absolute Gasteiger partial charge is 0.233 e. The van der Waals surface area contributed by atoms with Crippen LogP contribution in [0, 0.1) is 6.92 Å². The molecule has 0 fully saturated rings. The van der Waals surface area contributed by atoms with Gasteiger partial charge in [0, 0.05) is 23.1 Å². The fraction of sp³-hybridized carbons (Fsp3) is 0.0952. The molecule has 0 aliphatic heterocycles. The molecule has 2 aromatic carbocycles. The van der Waals surface area contributed by atoms with Crippen molar-refractivity contribution in [2.75, 3.05) is 16.0 Å². The highest BCUT2D eigenvalue weighted by Crippen LogP contribution is 2.19. The fourth-order valence-corrected chi connectivity index (χ4v) is 2.80. The number of nitrogens with zero attached hydrogens (tertiary/aromatic N) is 4. The van der Waals surface area contributed by atoms with Crippen molar-refractivity contribution in [3.8, 4) is 5.75 Å². The number of rotatable bonds is 7. The van der Waals surface area contributed by atoms with Crippen LogP contribution in [-0.2, 0) is 11.2 Å². The van der Waals surface area contributed by atoms with E-state index in [4.69, 9.17) is 0 Å². The molecular weight excluding hydrogens is 396 g/mol. The van der Waals surface area contributed by atoms with Crippen molar-refractivity contribution in [1.29, 1.82) is 0 Å². The molecule has 2 aromatic heterocycles. The summed E-state index contributed by atoms with van der Waals surface area (Å²) in [6.45, 7) is 1.75. The monoisotopic (exact) mass is 416 g/mol. The predicted octanol–water partition coefficient (Wildman–Crippen LogP) is 3.28. The quantitative estimate of drug-likeness (QED) is 0.289. The number of aromatic amines is 1. The van der Waals surface area contributed by atoms with Crippen molar-refractivity contribution >= 4 is 35.0 Å². The van der Waals surface area contributed by atoms with Crippen molar-refractivity contribution in [1.82, 2.24) is 25.1 Å². The van der Waals surface area contributed by atoms with Gasteiger partial charge in [0.05, 0.1) is 6.42 Å². The number of amides is 1. The van der Waals surface area contributed by atoms with Gasteiger partial charge in [0.25, 0.3) is 0 Å². The third kappa shape index (κ3) is 5.54. The number of hydrogen-bond acceptors (Lipinski definition) is 8. The van der Waals surface area contributed by atoms with Crippen LogP contribution in [0.15, 0.2) is 60.7 Å². The zero-order valence-electron chi connectivity index (χ0n) is 16.6. The van der Waals surface area contributed by atoms with E-state index >= 15 is 0 Å². The summed E-state index contributed by atoms with van der Waals surface area (Å²) in [7, 11) is 0. The van der Waals surface area contributed by atoms with Gasteiger partial charge in [0.15, 0.2) is 5.82 Å². The second kappa shape index (κ2) is 8.91. The Labute approximate surface area is 177 Å². The van der Waals surface area contributed by atoms with E-state index in [2.05, 4.69) is 41.1 Å². The third-order valence-electron chi connectivity index (χ3n) is 4.15. The molecule has 0 atom stereocenters. The molecule has 0 saturated carbocycles. The van der Waals surface area contributed by atoms with E-state index in [9.17, 15) is 9.90 Å². The number of aryl methyl sites for hydroxylation is 1. The van der Waals surface area contributed by atoms with Crippen LogP contribution >= 0.6 is 0 Å². The largest absolute Gasteiger partial charge is 0.508 e. The van der Waals surface area contributed by atoms with Crippen LogP contribution in [0.2, 0.25) is 0 Å². The van der Waals surface area contributed by atoms with Crippen LogP contribution in [0.3, 0.4) is 0 Å². The van der Waals surface area contributed by atoms with E-state index in [0.29, 0.717) is 29.2 Å². The number of anilines is 5. The van der Waals surface area contributed by atoms with Gasteiger partial charge in [-0.25, -0.2) is 0 Å². The van der Waals surface area contributed by atoms with Crippen LogP contribution < -0.4 is 16.0 Å². The van der Waals surface area contributed by atoms with Gasteiger partial charge in [-0.2, -0.15) is 20.1 Å². The second-order valence-electron chi connectivity index (χ2n) is 6.70. The summed E-state index contributed by atoms with van der Waals surface area (Å²) in [6.07, 6.45) is 0.146. The fourth-order valence-electron chi connectivity index (χ4n) is 2.80. The number of carbonyl (C=O) groups is 1. The summed E-state index contributed by atoms with van der Waals surface area (Å²) in [6, 6.07) is 17.5. The Morgan fingerprint density at radius 2 is 1.65 bits per heavy atom. The number of benzene rings is 2. The molecule has 4 aromatic rings. The molecule has 2 heterocycles. The first-order valence-electron chi connectivity index (χ1n) is 9.48. The number of para-hydroxylation sites is 1. The van der Waals surface area contributed by atoms with E-state index in [-0.39, 0.29) is 18.1 Å². The zero-order chi connectivity index (χ0) is 21.6. The summed E-state index contributed by atoms with van der Waals surface area (Å²) in [4.78, 5) is 25.1. The molecule has 10 heteroatoms. The molecule has 156 valence electrons. The highest BCUT2D eigenvalue weighted by molar-refractivity contribution is 5.92. The molecule has 4 rings (SSSR count). The van der Waals surface area contributed by atoms with Crippen molar-refractivity contribution in [2.45, 2.75) is 13.3 Å². The first-order chi connectivity index (χ1) is 15.0. The Morgan fingerprint density at radius 1 is 0.935 bits per heavy atom. The Morgan fingerprint density at radius 3 is 2.39 bits per heavy atom. The van der Waals surface area contributed by atoms with Crippen LogP contribution in [0.4, 0.5) is 29.1 Å². The molecule has 31 heavy (non-hydrogen) atoms. The molecule has 0 aliphatic rings. The topological polar surface area (TPSA) is 141 Å². The molecule has 0 spiro atoms. The van der Waals surface area contributed by atoms with Gasteiger partial charge in [-0.3, -0.25) is 9.89 Å². The standard InChI is InChI=1S/C21H20N8O2/c1-13-22-20(25-15-7-9-17(30)10-8-15)27-21(23-13)26-18-11-16(28-29-18)12-19(31)24-14-5-3-2-4-6-14/h2-11,30H,12H2,1H3,(H,24,31)(H3,22,23,25,26,27,28,29). The number of phenols is 1. The minimum atomic E-state index is -0.155. The Kier molecular flexibility index (Phi) is 5.70. The van der Waals surface area contributed by atoms with Crippen molar-refractivity contribution in [2.24, 2.45) is 0 Å². The predicted molar refractivity (Wildman–Crippen MR) is 117 cm³/mol. The van der Waals surface area contributed by atoms with E-state index in [1.54, 1.807) is 37.3 Å². The van der Waals surface area contributed by atoms with E-state index in [1.807, 2.05) is 30.3 Å². The molecule has 0 bridgehead atoms. The lowest BCUT2D eigenvalue weighted by atomic mass is 10.2. The summed E-state index contributed by atoms with van der Waals surface area (Å²) < 4.78 is 0. The normalized spacial score (nSPS) is 10.5. The highest BCUT2D eigenvalue weighted by atomic mass is 16.3. The molecule has 1 amide bonds. The van der Waals surface area contributed by atoms with Gasteiger partial charge in [-0.1, -0.05) is 18.2 Å². The first-order valence-corrected chi connectivity index (χ1v) is 9.48. The van der Waals surface area contributed by atoms with Crippen molar-refractivity contribution in [3.63, 3.8) is 0 Å². The molecule has 0 unspecified atom stereocenters. The number of hydrogen-bond donors (Lipinski definition) is 5. The minimum Gasteiger partial charge on any atom is -0.508 e. The van der Waals surface area contributed by atoms with Crippen molar-refractivity contribution in [3.05, 3.63) is 72.2 Å². The SMILES string of the molecule is Cc1nc(Nc2ccc(O)cc2)nc(Nc2cc(CC(=O)Nc3ccccc3)[nH]n2)n1. The minimum absolute atomic E-state index is 0.146. The van der Waals surface area contributed by atoms with Crippen LogP contribution in [0.1, 0.15) is 11.5 Å². The van der Waals surface area contributed by atoms with Gasteiger partial charge in [-0.15, -0.1) is 0 Å². The molecule has 0 saturated heterocycles. The number of nitrogens with one attached hydrogen (secondary N) is 4. The van der Waals surface area contributed by atoms with Gasteiger partial charge in [-0.05, 0) is 43.3 Å². The zero-order valence-corrected chi connectivity index (χ0v) is 16.6. The van der Waals surface area contributed by atoms with Crippen LogP contribution in [-0.4, -0.2) is 36.2 Å². The Hall–Kier alpha value is -4.47. The number of aromatic nitrogens is 5. The lowest BCUT2D eigenvalue weighted by molar-refractivity contribution is -0.115. The maximum Gasteiger partial charge on any atom is 0.233 e. The average Bonchev–Trinajstić information content (AvgIpc) is 3.16. The number of aromatic hydroxyl groups is 1. The second-order valence-corrected chi connectivity index (χ2v) is 6.70. The summed E-state index contributed by atoms with van der Waals surface area (Å²) in [5, 5.41) is 25.3. The van der Waals surface area contributed by atoms with Gasteiger partial charge in [0.2, 0.25) is 17.8 Å².